The number of primary amides is 1. The average molecular weight is 246 g/mol. The third-order valence-electron chi connectivity index (χ3n) is 1.85. The predicted octanol–water partition coefficient (Wildman–Crippen LogP) is 1.15. The minimum absolute atomic E-state index is 0.0775. The Labute approximate surface area is 98.7 Å². The first-order valence-corrected chi connectivity index (χ1v) is 5.82. The van der Waals surface area contributed by atoms with Gasteiger partial charge in [0.05, 0.1) is 4.91 Å². The summed E-state index contributed by atoms with van der Waals surface area (Å²) in [6, 6.07) is 0. The highest BCUT2D eigenvalue weighted by Gasteiger charge is 2.35. The molecular weight excluding hydrogens is 232 g/mol. The molecule has 0 fully saturated rings. The summed E-state index contributed by atoms with van der Waals surface area (Å²) < 4.78 is -0.362. The molecule has 1 aliphatic heterocycles. The molecule has 15 heavy (non-hydrogen) atoms. The number of amides is 2. The molecule has 0 spiro atoms. The van der Waals surface area contributed by atoms with E-state index >= 15 is 0 Å². The van der Waals surface area contributed by atoms with Gasteiger partial charge in [-0.3, -0.25) is 14.5 Å². The van der Waals surface area contributed by atoms with Crippen LogP contribution in [0.4, 0.5) is 0 Å². The van der Waals surface area contributed by atoms with Crippen LogP contribution in [0.25, 0.3) is 0 Å². The minimum Gasteiger partial charge on any atom is -0.365 e. The van der Waals surface area contributed by atoms with Crippen molar-refractivity contribution in [2.75, 3.05) is 0 Å². The Morgan fingerprint density at radius 1 is 1.53 bits per heavy atom. The molecule has 0 aromatic carbocycles. The SMILES string of the molecule is CC(C)(C)C(=O)N1C=C(C(N)=O)SC1S. The molecule has 2 amide bonds. The molecule has 84 valence electrons. The lowest BCUT2D eigenvalue weighted by molar-refractivity contribution is -0.136. The van der Waals surface area contributed by atoms with Crippen LogP contribution in [0.15, 0.2) is 11.1 Å². The van der Waals surface area contributed by atoms with Crippen LogP contribution < -0.4 is 5.73 Å². The van der Waals surface area contributed by atoms with Crippen molar-refractivity contribution in [1.82, 2.24) is 4.90 Å². The van der Waals surface area contributed by atoms with E-state index in [2.05, 4.69) is 12.6 Å². The summed E-state index contributed by atoms with van der Waals surface area (Å²) in [6.07, 6.45) is 1.47. The van der Waals surface area contributed by atoms with Gasteiger partial charge in [0.2, 0.25) is 5.91 Å². The zero-order chi connectivity index (χ0) is 11.8. The molecular formula is C9H14N2O2S2. The smallest absolute Gasteiger partial charge is 0.256 e. The first-order valence-electron chi connectivity index (χ1n) is 4.42. The van der Waals surface area contributed by atoms with Gasteiger partial charge in [-0.15, -0.1) is 12.6 Å². The quantitative estimate of drug-likeness (QED) is 0.682. The number of hydrogen-bond donors (Lipinski definition) is 2. The van der Waals surface area contributed by atoms with Crippen molar-refractivity contribution in [3.63, 3.8) is 0 Å². The largest absolute Gasteiger partial charge is 0.365 e. The fraction of sp³-hybridized carbons (Fsp3) is 0.556. The van der Waals surface area contributed by atoms with E-state index in [1.165, 1.54) is 22.9 Å². The molecule has 1 unspecified atom stereocenters. The number of carbonyl (C=O) groups is 2. The molecule has 0 aromatic rings. The van der Waals surface area contributed by atoms with Crippen LogP contribution in [0.3, 0.4) is 0 Å². The Morgan fingerprint density at radius 3 is 2.40 bits per heavy atom. The van der Waals surface area contributed by atoms with Gasteiger partial charge in [-0.2, -0.15) is 0 Å². The molecule has 1 rings (SSSR count). The molecule has 0 aromatic heterocycles. The number of thioether (sulfide) groups is 1. The molecule has 1 heterocycles. The first kappa shape index (κ1) is 12.4. The van der Waals surface area contributed by atoms with E-state index in [-0.39, 0.29) is 10.6 Å². The maximum atomic E-state index is 11.9. The van der Waals surface area contributed by atoms with E-state index in [1.54, 1.807) is 0 Å². The summed E-state index contributed by atoms with van der Waals surface area (Å²) in [7, 11) is 0. The van der Waals surface area contributed by atoms with Gasteiger partial charge in [0.15, 0.2) is 0 Å². The number of rotatable bonds is 1. The summed E-state index contributed by atoms with van der Waals surface area (Å²) in [5, 5.41) is 0. The van der Waals surface area contributed by atoms with Crippen LogP contribution in [-0.4, -0.2) is 21.4 Å². The maximum Gasteiger partial charge on any atom is 0.256 e. The van der Waals surface area contributed by atoms with Gasteiger partial charge in [-0.25, -0.2) is 0 Å². The van der Waals surface area contributed by atoms with Gasteiger partial charge in [0.25, 0.3) is 5.91 Å². The van der Waals surface area contributed by atoms with Gasteiger partial charge in [0, 0.05) is 11.6 Å². The molecule has 0 saturated heterocycles. The number of nitrogens with two attached hydrogens (primary N) is 1. The Hall–Kier alpha value is -0.620. The van der Waals surface area contributed by atoms with E-state index in [0.29, 0.717) is 4.91 Å². The summed E-state index contributed by atoms with van der Waals surface area (Å²) >= 11 is 5.40. The number of nitrogens with zero attached hydrogens (tertiary/aromatic N) is 1. The topological polar surface area (TPSA) is 63.4 Å². The highest BCUT2D eigenvalue weighted by molar-refractivity contribution is 8.13. The normalized spacial score (nSPS) is 21.5. The minimum atomic E-state index is -0.525. The highest BCUT2D eigenvalue weighted by atomic mass is 32.2. The maximum absolute atomic E-state index is 11.9. The molecule has 0 aliphatic carbocycles. The van der Waals surface area contributed by atoms with Gasteiger partial charge >= 0.3 is 0 Å². The zero-order valence-electron chi connectivity index (χ0n) is 8.85. The van der Waals surface area contributed by atoms with E-state index in [4.69, 9.17) is 5.73 Å². The van der Waals surface area contributed by atoms with Crippen LogP contribution in [-0.2, 0) is 9.59 Å². The number of hydrogen-bond acceptors (Lipinski definition) is 4. The van der Waals surface area contributed by atoms with Crippen LogP contribution >= 0.6 is 24.4 Å². The lowest BCUT2D eigenvalue weighted by atomic mass is 9.95. The second-order valence-electron chi connectivity index (χ2n) is 4.26. The third-order valence-corrected chi connectivity index (χ3v) is 3.41. The van der Waals surface area contributed by atoms with Crippen molar-refractivity contribution in [2.24, 2.45) is 11.1 Å². The molecule has 0 radical (unpaired) electrons. The Bertz CT molecular complexity index is 333. The summed E-state index contributed by atoms with van der Waals surface area (Å²) in [4.78, 5) is 24.6. The molecule has 1 atom stereocenters. The van der Waals surface area contributed by atoms with Gasteiger partial charge in [-0.05, 0) is 0 Å². The van der Waals surface area contributed by atoms with Crippen molar-refractivity contribution < 1.29 is 9.59 Å². The lowest BCUT2D eigenvalue weighted by Crippen LogP contribution is -2.37. The van der Waals surface area contributed by atoms with E-state index < -0.39 is 11.3 Å². The van der Waals surface area contributed by atoms with E-state index in [9.17, 15) is 9.59 Å². The molecule has 2 N–H and O–H groups in total. The summed E-state index contributed by atoms with van der Waals surface area (Å²) in [5.41, 5.74) is 4.64. The molecule has 4 nitrogen and oxygen atoms in total. The third kappa shape index (κ3) is 2.69. The molecule has 6 heteroatoms. The highest BCUT2D eigenvalue weighted by Crippen LogP contribution is 2.37. The van der Waals surface area contributed by atoms with Crippen LogP contribution in [0.2, 0.25) is 0 Å². The summed E-state index contributed by atoms with van der Waals surface area (Å²) in [5.74, 6) is -0.602. The molecule has 1 aliphatic rings. The molecule has 0 saturated carbocycles. The van der Waals surface area contributed by atoms with Crippen molar-refractivity contribution in [3.8, 4) is 0 Å². The van der Waals surface area contributed by atoms with Crippen molar-refractivity contribution >= 4 is 36.2 Å². The van der Waals surface area contributed by atoms with Gasteiger partial charge in [-0.1, -0.05) is 32.5 Å². The first-order chi connectivity index (χ1) is 6.73. The second kappa shape index (κ2) is 4.09. The number of carbonyl (C=O) groups excluding carboxylic acids is 2. The predicted molar refractivity (Wildman–Crippen MR) is 63.9 cm³/mol. The second-order valence-corrected chi connectivity index (χ2v) is 6.22. The average Bonchev–Trinajstić information content (AvgIpc) is 2.44. The van der Waals surface area contributed by atoms with Crippen LogP contribution in [0.5, 0.6) is 0 Å². The van der Waals surface area contributed by atoms with Crippen LogP contribution in [0, 0.1) is 5.41 Å². The summed E-state index contributed by atoms with van der Waals surface area (Å²) in [6.45, 7) is 5.45. The fourth-order valence-electron chi connectivity index (χ4n) is 1.06. The van der Waals surface area contributed by atoms with Crippen molar-refractivity contribution in [2.45, 2.75) is 25.5 Å². The Balaban J connectivity index is 2.89. The monoisotopic (exact) mass is 246 g/mol. The number of thiol groups is 1. The zero-order valence-corrected chi connectivity index (χ0v) is 10.6. The fourth-order valence-corrected chi connectivity index (χ4v) is 2.36. The van der Waals surface area contributed by atoms with E-state index in [1.807, 2.05) is 20.8 Å². The standard InChI is InChI=1S/C9H14N2O2S2/c1-9(2,3)7(13)11-4-5(6(10)12)15-8(11)14/h4,8,14H,1-3H3,(H2,10,12). The van der Waals surface area contributed by atoms with Crippen LogP contribution in [0.1, 0.15) is 20.8 Å². The van der Waals surface area contributed by atoms with Crippen molar-refractivity contribution in [3.05, 3.63) is 11.1 Å². The van der Waals surface area contributed by atoms with Gasteiger partial charge < -0.3 is 5.73 Å². The van der Waals surface area contributed by atoms with Crippen molar-refractivity contribution in [1.29, 1.82) is 0 Å². The Morgan fingerprint density at radius 2 is 2.07 bits per heavy atom. The van der Waals surface area contributed by atoms with E-state index in [0.717, 1.165) is 0 Å². The Kier molecular flexibility index (Phi) is 3.40. The lowest BCUT2D eigenvalue weighted by Gasteiger charge is -2.26. The molecule has 0 bridgehead atoms. The van der Waals surface area contributed by atoms with Gasteiger partial charge in [0.1, 0.15) is 4.71 Å².